The third-order valence-electron chi connectivity index (χ3n) is 11.4. The van der Waals surface area contributed by atoms with Crippen LogP contribution in [0.25, 0.3) is 66.4 Å². The summed E-state index contributed by atoms with van der Waals surface area (Å²) in [6.07, 6.45) is 7.49. The minimum Gasteiger partial charge on any atom is -0.457 e. The smallest absolute Gasteiger partial charge is 0.134 e. The second-order valence-corrected chi connectivity index (χ2v) is 13.9. The highest BCUT2D eigenvalue weighted by atomic mass is 16.5. The minimum atomic E-state index is -0.822. The molecule has 0 bridgehead atoms. The van der Waals surface area contributed by atoms with Gasteiger partial charge in [-0.15, -0.1) is 0 Å². The molecule has 0 atom stereocenters. The molecule has 54 heavy (non-hydrogen) atoms. The van der Waals surface area contributed by atoms with Gasteiger partial charge in [-0.05, 0) is 77.9 Å². The Morgan fingerprint density at radius 1 is 0.537 bits per heavy atom. The molecule has 6 heterocycles. The van der Waals surface area contributed by atoms with Crippen molar-refractivity contribution in [2.45, 2.75) is 5.41 Å². The first-order valence-electron chi connectivity index (χ1n) is 17.9. The van der Waals surface area contributed by atoms with Crippen LogP contribution in [0.1, 0.15) is 27.8 Å². The van der Waals surface area contributed by atoms with Gasteiger partial charge in [-0.25, -0.2) is 0 Å². The Morgan fingerprint density at radius 2 is 1.24 bits per heavy atom. The zero-order valence-corrected chi connectivity index (χ0v) is 28.6. The van der Waals surface area contributed by atoms with Gasteiger partial charge in [0.15, 0.2) is 0 Å². The van der Waals surface area contributed by atoms with Gasteiger partial charge in [0.2, 0.25) is 0 Å². The summed E-state index contributed by atoms with van der Waals surface area (Å²) >= 11 is 0. The molecule has 250 valence electrons. The van der Waals surface area contributed by atoms with Crippen LogP contribution in [-0.4, -0.2) is 24.1 Å². The van der Waals surface area contributed by atoms with Crippen molar-refractivity contribution < 1.29 is 4.74 Å². The minimum absolute atomic E-state index is 0.625. The van der Waals surface area contributed by atoms with Crippen molar-refractivity contribution >= 4 is 43.6 Å². The molecule has 7 nitrogen and oxygen atoms in total. The average molecular weight is 691 g/mol. The van der Waals surface area contributed by atoms with E-state index in [-0.39, 0.29) is 0 Å². The largest absolute Gasteiger partial charge is 0.457 e. The highest BCUT2D eigenvalue weighted by molar-refractivity contribution is 6.10. The van der Waals surface area contributed by atoms with Crippen molar-refractivity contribution in [3.8, 4) is 40.3 Å². The molecule has 1 aliphatic carbocycles. The van der Waals surface area contributed by atoms with Gasteiger partial charge < -0.3 is 13.9 Å². The van der Waals surface area contributed by atoms with Gasteiger partial charge in [0.1, 0.15) is 11.5 Å². The molecular weight excluding hydrogens is 665 g/mol. The summed E-state index contributed by atoms with van der Waals surface area (Å²) in [7, 11) is 0. The molecule has 12 rings (SSSR count). The number of nitrogens with zero attached hydrogens (tertiary/aromatic N) is 6. The van der Waals surface area contributed by atoms with Crippen molar-refractivity contribution in [2.75, 3.05) is 0 Å². The molecule has 0 saturated carbocycles. The number of fused-ring (bicyclic) bond motifs is 15. The fourth-order valence-electron chi connectivity index (χ4n) is 9.36. The fourth-order valence-corrected chi connectivity index (χ4v) is 9.36. The molecule has 0 fully saturated rings. The second-order valence-electron chi connectivity index (χ2n) is 13.9. The molecule has 0 amide bonds. The maximum absolute atomic E-state index is 9.86. The SMILES string of the molecule is N#Cc1ccc2c(c1)c1ccccc1n2-c1cccc2c1C1(c3ccc(-n4c5ccccc5c5ccncc54)cc3O2)c2cccnc2-c2ncccc21. The predicted octanol–water partition coefficient (Wildman–Crippen LogP) is 10.4. The van der Waals surface area contributed by atoms with Crippen molar-refractivity contribution in [3.63, 3.8) is 0 Å². The molecule has 1 aliphatic heterocycles. The third kappa shape index (κ3) is 3.56. The normalized spacial score (nSPS) is 13.5. The summed E-state index contributed by atoms with van der Waals surface area (Å²) in [4.78, 5) is 14.5. The highest BCUT2D eigenvalue weighted by Gasteiger charge is 2.54. The molecule has 7 heteroatoms. The number of hydrogen-bond donors (Lipinski definition) is 0. The molecule has 10 aromatic rings. The summed E-state index contributed by atoms with van der Waals surface area (Å²) < 4.78 is 11.7. The van der Waals surface area contributed by atoms with Crippen LogP contribution in [0.4, 0.5) is 0 Å². The van der Waals surface area contributed by atoms with Crippen molar-refractivity contribution in [2.24, 2.45) is 0 Å². The van der Waals surface area contributed by atoms with Gasteiger partial charge >= 0.3 is 0 Å². The number of aromatic nitrogens is 5. The van der Waals surface area contributed by atoms with Crippen LogP contribution in [0.3, 0.4) is 0 Å². The lowest BCUT2D eigenvalue weighted by Crippen LogP contribution is -2.33. The van der Waals surface area contributed by atoms with E-state index in [0.29, 0.717) is 5.56 Å². The van der Waals surface area contributed by atoms with E-state index in [0.717, 1.165) is 94.7 Å². The molecule has 0 radical (unpaired) electrons. The number of nitriles is 1. The third-order valence-corrected chi connectivity index (χ3v) is 11.4. The van der Waals surface area contributed by atoms with E-state index in [2.05, 4.69) is 129 Å². The van der Waals surface area contributed by atoms with Crippen LogP contribution in [-0.2, 0) is 5.41 Å². The summed E-state index contributed by atoms with van der Waals surface area (Å²) in [5.74, 6) is 1.52. The van der Waals surface area contributed by atoms with Crippen LogP contribution in [0, 0.1) is 11.3 Å². The van der Waals surface area contributed by atoms with Gasteiger partial charge in [0, 0.05) is 63.0 Å². The van der Waals surface area contributed by atoms with E-state index in [4.69, 9.17) is 14.7 Å². The average Bonchev–Trinajstić information content (AvgIpc) is 3.85. The number of benzene rings is 5. The van der Waals surface area contributed by atoms with E-state index in [1.54, 1.807) is 0 Å². The number of ether oxygens (including phenoxy) is 1. The number of para-hydroxylation sites is 2. The summed E-state index contributed by atoms with van der Waals surface area (Å²) in [5.41, 5.74) is 11.8. The number of hydrogen-bond acceptors (Lipinski definition) is 5. The Labute approximate surface area is 308 Å². The first kappa shape index (κ1) is 29.1. The van der Waals surface area contributed by atoms with E-state index >= 15 is 0 Å². The van der Waals surface area contributed by atoms with Gasteiger partial charge in [0.25, 0.3) is 0 Å². The van der Waals surface area contributed by atoms with Crippen molar-refractivity contribution in [1.82, 2.24) is 24.1 Å². The molecule has 0 unspecified atom stereocenters. The molecule has 5 aromatic heterocycles. The number of rotatable bonds is 2. The molecule has 0 saturated heterocycles. The maximum Gasteiger partial charge on any atom is 0.134 e. The van der Waals surface area contributed by atoms with E-state index in [1.165, 1.54) is 5.39 Å². The Kier molecular flexibility index (Phi) is 5.65. The summed E-state index contributed by atoms with van der Waals surface area (Å²) in [6.45, 7) is 0. The van der Waals surface area contributed by atoms with Crippen LogP contribution in [0.2, 0.25) is 0 Å². The second kappa shape index (κ2) is 10.5. The Balaban J connectivity index is 1.21. The monoisotopic (exact) mass is 690 g/mol. The van der Waals surface area contributed by atoms with Crippen molar-refractivity contribution in [3.05, 3.63) is 186 Å². The maximum atomic E-state index is 9.86. The lowest BCUT2D eigenvalue weighted by molar-refractivity contribution is 0.435. The first-order valence-corrected chi connectivity index (χ1v) is 17.9. The molecule has 0 N–H and O–H groups in total. The Hall–Kier alpha value is -7.56. The van der Waals surface area contributed by atoms with Crippen LogP contribution in [0.15, 0.2) is 158 Å². The number of pyridine rings is 3. The summed E-state index contributed by atoms with van der Waals surface area (Å²) in [5, 5.41) is 14.3. The van der Waals surface area contributed by atoms with E-state index in [1.807, 2.05) is 49.1 Å². The van der Waals surface area contributed by atoms with Crippen LogP contribution < -0.4 is 4.74 Å². The molecule has 2 aliphatic rings. The zero-order chi connectivity index (χ0) is 35.5. The molecular formula is C47H26N6O. The van der Waals surface area contributed by atoms with Gasteiger partial charge in [-0.1, -0.05) is 60.7 Å². The zero-order valence-electron chi connectivity index (χ0n) is 28.6. The standard InChI is InChI=1S/C47H26N6O/c48-26-28-16-19-39-33(24-28)31-9-2-4-13-38(31)53(39)40-14-5-15-42-44(40)47(35-10-6-21-50-45(35)46-36(47)11-7-22-51-46)34-18-17-29(25-43(34)54-42)52-37-12-3-1-8-30(37)32-20-23-49-27-41(32)52/h1-25,27H. The predicted molar refractivity (Wildman–Crippen MR) is 211 cm³/mol. The van der Waals surface area contributed by atoms with Gasteiger partial charge in [0.05, 0.1) is 62.4 Å². The lowest BCUT2D eigenvalue weighted by Gasteiger charge is -2.40. The quantitative estimate of drug-likeness (QED) is 0.180. The molecule has 1 spiro atoms. The van der Waals surface area contributed by atoms with Crippen molar-refractivity contribution in [1.29, 1.82) is 5.26 Å². The van der Waals surface area contributed by atoms with Gasteiger partial charge in [-0.3, -0.25) is 15.0 Å². The first-order chi connectivity index (χ1) is 26.8. The van der Waals surface area contributed by atoms with E-state index < -0.39 is 5.41 Å². The highest BCUT2D eigenvalue weighted by Crippen LogP contribution is 2.63. The van der Waals surface area contributed by atoms with Crippen LogP contribution >= 0.6 is 0 Å². The topological polar surface area (TPSA) is 81.5 Å². The molecule has 5 aromatic carbocycles. The Bertz CT molecular complexity index is 3190. The van der Waals surface area contributed by atoms with Gasteiger partial charge in [-0.2, -0.15) is 5.26 Å². The summed E-state index contributed by atoms with van der Waals surface area (Å²) in [6, 6.07) is 48.6. The lowest BCUT2D eigenvalue weighted by atomic mass is 9.65. The Morgan fingerprint density at radius 3 is 2.02 bits per heavy atom. The van der Waals surface area contributed by atoms with E-state index in [9.17, 15) is 5.26 Å². The fraction of sp³-hybridized carbons (Fsp3) is 0.0213. The van der Waals surface area contributed by atoms with Crippen LogP contribution in [0.5, 0.6) is 11.5 Å².